The predicted octanol–water partition coefficient (Wildman–Crippen LogP) is 10.4. The number of aliphatic imine (C=N–C) groups is 1. The SMILES string of the molecule is CC.CC.CC/C=C(/C=C/C=C\C=C\OC)C(\CN1C(=O)OC(c2cccc(OC(F)(F)F)c2)C1C)=N/CN1CC(F)(F)C1.CCCC(CC)C(=O)O. The van der Waals surface area contributed by atoms with Gasteiger partial charge in [0.15, 0.2) is 0 Å². The van der Waals surface area contributed by atoms with Crippen molar-refractivity contribution in [2.45, 2.75) is 106 Å². The average molecular weight is 760 g/mol. The number of hydrogen-bond acceptors (Lipinski definition) is 7. The van der Waals surface area contributed by atoms with Gasteiger partial charge in [0.2, 0.25) is 0 Å². The molecule has 1 aromatic rings. The monoisotopic (exact) mass is 759 g/mol. The van der Waals surface area contributed by atoms with Gasteiger partial charge in [-0.2, -0.15) is 0 Å². The molecule has 2 heterocycles. The molecular weight excluding hydrogens is 701 g/mol. The Morgan fingerprint density at radius 1 is 1.09 bits per heavy atom. The molecule has 2 saturated heterocycles. The summed E-state index contributed by atoms with van der Waals surface area (Å²) in [6.07, 6.45) is 8.97. The third-order valence-electron chi connectivity index (χ3n) is 7.56. The maximum Gasteiger partial charge on any atom is 0.573 e. The summed E-state index contributed by atoms with van der Waals surface area (Å²) in [5, 5.41) is 8.50. The third kappa shape index (κ3) is 18.4. The highest BCUT2D eigenvalue weighted by Crippen LogP contribution is 2.35. The van der Waals surface area contributed by atoms with E-state index in [0.29, 0.717) is 23.3 Å². The third-order valence-corrected chi connectivity index (χ3v) is 7.56. The molecule has 3 rings (SSSR count). The van der Waals surface area contributed by atoms with Crippen molar-refractivity contribution in [3.05, 3.63) is 78.1 Å². The first-order chi connectivity index (χ1) is 25.1. The van der Waals surface area contributed by atoms with E-state index < -0.39 is 55.3 Å². The number of hydrogen-bond donors (Lipinski definition) is 1. The van der Waals surface area contributed by atoms with Gasteiger partial charge in [-0.1, -0.05) is 97.4 Å². The van der Waals surface area contributed by atoms with Gasteiger partial charge in [-0.05, 0) is 55.5 Å². The van der Waals surface area contributed by atoms with Gasteiger partial charge < -0.3 is 19.3 Å². The molecule has 3 atom stereocenters. The Labute approximate surface area is 311 Å². The molecule has 9 nitrogen and oxygen atoms in total. The van der Waals surface area contributed by atoms with Crippen molar-refractivity contribution in [2.75, 3.05) is 33.4 Å². The molecule has 1 amide bonds. The number of carbonyl (C=O) groups excluding carboxylic acids is 1. The van der Waals surface area contributed by atoms with E-state index in [1.807, 2.05) is 54.5 Å². The van der Waals surface area contributed by atoms with Crippen molar-refractivity contribution in [1.82, 2.24) is 9.80 Å². The van der Waals surface area contributed by atoms with Crippen LogP contribution in [0.4, 0.5) is 26.7 Å². The molecule has 0 bridgehead atoms. The fourth-order valence-corrected chi connectivity index (χ4v) is 5.10. The average Bonchev–Trinajstić information content (AvgIpc) is 3.38. The summed E-state index contributed by atoms with van der Waals surface area (Å²) in [6.45, 7) is 14.8. The van der Waals surface area contributed by atoms with Crippen LogP contribution in [0.2, 0.25) is 0 Å². The summed E-state index contributed by atoms with van der Waals surface area (Å²) in [6, 6.07) is 4.71. The highest BCUT2D eigenvalue weighted by molar-refractivity contribution is 6.05. The van der Waals surface area contributed by atoms with E-state index in [2.05, 4.69) is 9.73 Å². The minimum atomic E-state index is -4.86. The maximum atomic E-state index is 13.4. The molecule has 0 spiro atoms. The number of aliphatic carboxylic acids is 1. The molecule has 1 N–H and O–H groups in total. The lowest BCUT2D eigenvalue weighted by atomic mass is 10.0. The molecule has 0 aromatic heterocycles. The molecule has 1 aromatic carbocycles. The molecule has 0 aliphatic carbocycles. The minimum Gasteiger partial charge on any atom is -0.504 e. The molecule has 0 saturated carbocycles. The number of carbonyl (C=O) groups is 2. The van der Waals surface area contributed by atoms with Crippen LogP contribution in [-0.4, -0.2) is 84.4 Å². The van der Waals surface area contributed by atoms with E-state index in [1.54, 1.807) is 43.4 Å². The van der Waals surface area contributed by atoms with E-state index in [0.717, 1.165) is 25.3 Å². The fraction of sp³-hybridized carbons (Fsp3) is 0.564. The quantitative estimate of drug-likeness (QED) is 0.0775. The van der Waals surface area contributed by atoms with Gasteiger partial charge in [0.25, 0.3) is 5.92 Å². The van der Waals surface area contributed by atoms with Gasteiger partial charge in [0.1, 0.15) is 11.9 Å². The first kappa shape index (κ1) is 48.8. The van der Waals surface area contributed by atoms with Crippen molar-refractivity contribution in [2.24, 2.45) is 10.9 Å². The highest BCUT2D eigenvalue weighted by atomic mass is 19.4. The Kier molecular flexibility index (Phi) is 23.7. The van der Waals surface area contributed by atoms with Crippen LogP contribution < -0.4 is 4.74 Å². The molecule has 2 aliphatic rings. The van der Waals surface area contributed by atoms with Gasteiger partial charge in [0.05, 0.1) is 57.3 Å². The summed E-state index contributed by atoms with van der Waals surface area (Å²) in [5.41, 5.74) is 1.51. The first-order valence-corrected chi connectivity index (χ1v) is 18.1. The largest absolute Gasteiger partial charge is 0.573 e. The smallest absolute Gasteiger partial charge is 0.504 e. The summed E-state index contributed by atoms with van der Waals surface area (Å²) >= 11 is 0. The second kappa shape index (κ2) is 25.7. The van der Waals surface area contributed by atoms with Gasteiger partial charge in [-0.3, -0.25) is 19.6 Å². The van der Waals surface area contributed by atoms with Gasteiger partial charge >= 0.3 is 18.4 Å². The number of carboxylic acids is 1. The number of alkyl halides is 5. The molecule has 14 heteroatoms. The van der Waals surface area contributed by atoms with Crippen LogP contribution in [0.5, 0.6) is 5.75 Å². The molecule has 300 valence electrons. The van der Waals surface area contributed by atoms with Crippen LogP contribution in [0.3, 0.4) is 0 Å². The summed E-state index contributed by atoms with van der Waals surface area (Å²) in [4.78, 5) is 30.7. The second-order valence-electron chi connectivity index (χ2n) is 11.5. The number of carboxylic acid groups (broad SMARTS) is 1. The number of allylic oxidation sites excluding steroid dienone is 6. The van der Waals surface area contributed by atoms with E-state index >= 15 is 0 Å². The minimum absolute atomic E-state index is 0.00292. The number of nitrogens with zero attached hydrogens (tertiary/aromatic N) is 3. The number of ether oxygens (including phenoxy) is 3. The summed E-state index contributed by atoms with van der Waals surface area (Å²) < 4.78 is 79.2. The number of amides is 1. The molecule has 2 fully saturated rings. The number of halogens is 5. The Balaban J connectivity index is 0.00000179. The topological polar surface area (TPSA) is 101 Å². The number of benzene rings is 1. The highest BCUT2D eigenvalue weighted by Gasteiger charge is 2.44. The molecule has 53 heavy (non-hydrogen) atoms. The predicted molar refractivity (Wildman–Crippen MR) is 199 cm³/mol. The van der Waals surface area contributed by atoms with E-state index in [4.69, 9.17) is 14.6 Å². The number of rotatable bonds is 16. The Morgan fingerprint density at radius 2 is 1.74 bits per heavy atom. The summed E-state index contributed by atoms with van der Waals surface area (Å²) in [5.74, 6) is -3.94. The molecule has 2 aliphatic heterocycles. The summed E-state index contributed by atoms with van der Waals surface area (Å²) in [7, 11) is 1.53. The van der Waals surface area contributed by atoms with Crippen molar-refractivity contribution in [3.8, 4) is 5.75 Å². The van der Waals surface area contributed by atoms with Crippen molar-refractivity contribution < 1.29 is 50.9 Å². The van der Waals surface area contributed by atoms with Gasteiger partial charge in [0, 0.05) is 0 Å². The lowest BCUT2D eigenvalue weighted by Gasteiger charge is -2.37. The van der Waals surface area contributed by atoms with Crippen LogP contribution in [0, 0.1) is 5.92 Å². The van der Waals surface area contributed by atoms with E-state index in [1.165, 1.54) is 35.3 Å². The van der Waals surface area contributed by atoms with Gasteiger partial charge in [-0.15, -0.1) is 13.2 Å². The number of likely N-dealkylation sites (tertiary alicyclic amines) is 1. The van der Waals surface area contributed by atoms with Crippen LogP contribution >= 0.6 is 0 Å². The van der Waals surface area contributed by atoms with Gasteiger partial charge in [-0.25, -0.2) is 13.6 Å². The zero-order valence-corrected chi connectivity index (χ0v) is 32.5. The molecule has 3 unspecified atom stereocenters. The van der Waals surface area contributed by atoms with Crippen molar-refractivity contribution in [3.63, 3.8) is 0 Å². The van der Waals surface area contributed by atoms with Crippen LogP contribution in [0.1, 0.15) is 92.7 Å². The van der Waals surface area contributed by atoms with Crippen molar-refractivity contribution >= 4 is 17.8 Å². The zero-order valence-electron chi connectivity index (χ0n) is 32.5. The zero-order chi connectivity index (χ0) is 40.6. The van der Waals surface area contributed by atoms with Crippen LogP contribution in [0.15, 0.2) is 77.5 Å². The molecular formula is C39H58F5N3O6. The standard InChI is InChI=1S/C28H32F5N3O4.C7H14O2.2C2H6/c1-4-10-21(11-7-5-6-8-14-38-3)24(34-19-35-17-27(29,30)18-35)16-36-20(2)25(39-26(36)37)22-12-9-13-23(15-22)40-28(31,32)33;1-3-5-6(4-2)7(8)9;2*1-2/h5-15,20,25H,4,16-19H2,1-3H3;6H,3-5H2,1-2H3,(H,8,9);2*1-2H3/b6-5-,11-7+,14-8+,21-10-,34-24-;;;. The van der Waals surface area contributed by atoms with Crippen LogP contribution in [-0.2, 0) is 14.3 Å². The number of cyclic esters (lactones) is 1. The Morgan fingerprint density at radius 3 is 2.25 bits per heavy atom. The van der Waals surface area contributed by atoms with E-state index in [9.17, 15) is 31.5 Å². The second-order valence-corrected chi connectivity index (χ2v) is 11.5. The fourth-order valence-electron chi connectivity index (χ4n) is 5.10. The Bertz CT molecular complexity index is 1370. The lowest BCUT2D eigenvalue weighted by Crippen LogP contribution is -2.56. The first-order valence-electron chi connectivity index (χ1n) is 18.1. The number of methoxy groups -OCH3 is 1. The Hall–Kier alpha value is -4.20. The normalized spacial score (nSPS) is 19.4. The molecule has 0 radical (unpaired) electrons. The lowest BCUT2D eigenvalue weighted by molar-refractivity contribution is -0.274. The van der Waals surface area contributed by atoms with Crippen molar-refractivity contribution in [1.29, 1.82) is 0 Å². The van der Waals surface area contributed by atoms with Crippen LogP contribution in [0.25, 0.3) is 0 Å². The van der Waals surface area contributed by atoms with E-state index in [-0.39, 0.29) is 19.1 Å². The maximum absolute atomic E-state index is 13.4.